The zero-order valence-corrected chi connectivity index (χ0v) is 16.6. The maximum atomic E-state index is 11.3. The van der Waals surface area contributed by atoms with Crippen LogP contribution in [0.5, 0.6) is 17.2 Å². The average Bonchev–Trinajstić information content (AvgIpc) is 2.76. The Morgan fingerprint density at radius 2 is 1.45 bits per heavy atom. The zero-order chi connectivity index (χ0) is 20.5. The minimum Gasteiger partial charge on any atom is -0.490 e. The Morgan fingerprint density at radius 1 is 0.828 bits per heavy atom. The van der Waals surface area contributed by atoms with E-state index in [1.165, 1.54) is 7.11 Å². The van der Waals surface area contributed by atoms with E-state index in [0.29, 0.717) is 6.61 Å². The predicted molar refractivity (Wildman–Crippen MR) is 114 cm³/mol. The largest absolute Gasteiger partial charge is 0.490 e. The van der Waals surface area contributed by atoms with E-state index in [-0.39, 0.29) is 12.4 Å². The normalized spacial score (nSPS) is 11.0. The fourth-order valence-corrected chi connectivity index (χ4v) is 2.73. The van der Waals surface area contributed by atoms with Gasteiger partial charge < -0.3 is 14.2 Å². The van der Waals surface area contributed by atoms with Gasteiger partial charge in [0.2, 0.25) is 0 Å². The van der Waals surface area contributed by atoms with E-state index in [9.17, 15) is 4.79 Å². The second kappa shape index (κ2) is 10.1. The van der Waals surface area contributed by atoms with Crippen LogP contribution >= 0.6 is 0 Å². The van der Waals surface area contributed by atoms with Crippen LogP contribution < -0.4 is 9.47 Å². The van der Waals surface area contributed by atoms with Gasteiger partial charge in [-0.15, -0.1) is 0 Å². The summed E-state index contributed by atoms with van der Waals surface area (Å²) in [6, 6.07) is 25.2. The van der Waals surface area contributed by atoms with E-state index in [1.54, 1.807) is 0 Å². The minimum atomic E-state index is -0.252. The van der Waals surface area contributed by atoms with Gasteiger partial charge in [-0.25, -0.2) is 0 Å². The first-order chi connectivity index (χ1) is 14.1. The quantitative estimate of drug-likeness (QED) is 0.466. The van der Waals surface area contributed by atoms with Gasteiger partial charge in [0.25, 0.3) is 0 Å². The van der Waals surface area contributed by atoms with Gasteiger partial charge in [-0.1, -0.05) is 42.5 Å². The highest BCUT2D eigenvalue weighted by atomic mass is 16.5. The fourth-order valence-electron chi connectivity index (χ4n) is 2.73. The van der Waals surface area contributed by atoms with E-state index in [1.807, 2.05) is 84.9 Å². The number of hydrogen-bond acceptors (Lipinski definition) is 4. The number of benzene rings is 3. The van der Waals surface area contributed by atoms with Gasteiger partial charge in [0.15, 0.2) is 0 Å². The zero-order valence-electron chi connectivity index (χ0n) is 16.6. The number of carbonyl (C=O) groups excluding carboxylic acids is 1. The van der Waals surface area contributed by atoms with Gasteiger partial charge in [-0.05, 0) is 66.1 Å². The molecule has 0 aromatic heterocycles. The molecule has 4 nitrogen and oxygen atoms in total. The lowest BCUT2D eigenvalue weighted by atomic mass is 10.1. The van der Waals surface area contributed by atoms with E-state index in [4.69, 9.17) is 9.47 Å². The first kappa shape index (κ1) is 20.2. The van der Waals surface area contributed by atoms with E-state index >= 15 is 0 Å². The fraction of sp³-hybridized carbons (Fsp3) is 0.160. The number of carbonyl (C=O) groups is 1. The van der Waals surface area contributed by atoms with Crippen molar-refractivity contribution >= 4 is 11.5 Å². The molecule has 0 bridgehead atoms. The topological polar surface area (TPSA) is 44.8 Å². The van der Waals surface area contributed by atoms with E-state index < -0.39 is 0 Å². The predicted octanol–water partition coefficient (Wildman–Crippen LogP) is 5.68. The van der Waals surface area contributed by atoms with Crippen LogP contribution in [0.25, 0.3) is 5.57 Å². The first-order valence-corrected chi connectivity index (χ1v) is 9.42. The summed E-state index contributed by atoms with van der Waals surface area (Å²) in [5.74, 6) is 2.13. The third kappa shape index (κ3) is 6.25. The Bertz CT molecular complexity index is 942. The number of para-hydroxylation sites is 1. The van der Waals surface area contributed by atoms with Crippen LogP contribution in [0, 0.1) is 0 Å². The molecule has 148 valence electrons. The lowest BCUT2D eigenvalue weighted by Gasteiger charge is -2.08. The van der Waals surface area contributed by atoms with Gasteiger partial charge in [-0.2, -0.15) is 0 Å². The number of hydrogen-bond donors (Lipinski definition) is 0. The number of esters is 1. The van der Waals surface area contributed by atoms with Crippen LogP contribution in [0.15, 0.2) is 84.9 Å². The molecule has 0 fully saturated rings. The Kier molecular flexibility index (Phi) is 7.06. The molecule has 0 radical (unpaired) electrons. The summed E-state index contributed by atoms with van der Waals surface area (Å²) in [7, 11) is 1.39. The van der Waals surface area contributed by atoms with Gasteiger partial charge in [0.1, 0.15) is 23.9 Å². The van der Waals surface area contributed by atoms with Crippen molar-refractivity contribution in [2.45, 2.75) is 13.3 Å². The lowest BCUT2D eigenvalue weighted by Crippen LogP contribution is -2.04. The maximum absolute atomic E-state index is 11.3. The molecular formula is C25H24O4. The van der Waals surface area contributed by atoms with Gasteiger partial charge in [-0.3, -0.25) is 4.79 Å². The average molecular weight is 388 g/mol. The second-order valence-electron chi connectivity index (χ2n) is 6.53. The van der Waals surface area contributed by atoms with Crippen molar-refractivity contribution in [2.24, 2.45) is 0 Å². The highest BCUT2D eigenvalue weighted by Gasteiger charge is 2.03. The van der Waals surface area contributed by atoms with Crippen molar-refractivity contribution in [1.82, 2.24) is 0 Å². The molecule has 4 heteroatoms. The number of methoxy groups -OCH3 is 1. The molecule has 0 amide bonds. The molecule has 0 heterocycles. The molecule has 0 aliphatic carbocycles. The van der Waals surface area contributed by atoms with Crippen molar-refractivity contribution < 1.29 is 19.0 Å². The monoisotopic (exact) mass is 388 g/mol. The molecule has 0 saturated heterocycles. The van der Waals surface area contributed by atoms with Crippen molar-refractivity contribution in [1.29, 1.82) is 0 Å². The van der Waals surface area contributed by atoms with Crippen LogP contribution in [0.4, 0.5) is 0 Å². The van der Waals surface area contributed by atoms with Crippen molar-refractivity contribution in [3.05, 3.63) is 96.1 Å². The third-order valence-corrected chi connectivity index (χ3v) is 4.43. The molecule has 0 spiro atoms. The van der Waals surface area contributed by atoms with Gasteiger partial charge in [0, 0.05) is 0 Å². The summed E-state index contributed by atoms with van der Waals surface area (Å²) in [4.78, 5) is 11.3. The number of ether oxygens (including phenoxy) is 3. The first-order valence-electron chi connectivity index (χ1n) is 9.42. The molecule has 0 N–H and O–H groups in total. The van der Waals surface area contributed by atoms with Crippen LogP contribution in [-0.2, 0) is 16.0 Å². The third-order valence-electron chi connectivity index (χ3n) is 4.43. The van der Waals surface area contributed by atoms with Crippen molar-refractivity contribution in [2.75, 3.05) is 13.7 Å². The molecule has 0 aliphatic rings. The highest BCUT2D eigenvalue weighted by Crippen LogP contribution is 2.23. The summed E-state index contributed by atoms with van der Waals surface area (Å²) in [6.07, 6.45) is 2.30. The van der Waals surface area contributed by atoms with E-state index in [2.05, 4.69) is 11.7 Å². The Morgan fingerprint density at radius 3 is 2.10 bits per heavy atom. The summed E-state index contributed by atoms with van der Waals surface area (Å²) < 4.78 is 16.3. The van der Waals surface area contributed by atoms with Crippen molar-refractivity contribution in [3.63, 3.8) is 0 Å². The molecular weight excluding hydrogens is 364 g/mol. The number of rotatable bonds is 8. The molecule has 29 heavy (non-hydrogen) atoms. The molecule has 0 aliphatic heterocycles. The van der Waals surface area contributed by atoms with Gasteiger partial charge in [0.05, 0.1) is 13.5 Å². The van der Waals surface area contributed by atoms with E-state index in [0.717, 1.165) is 33.9 Å². The molecule has 0 unspecified atom stereocenters. The molecule has 3 aromatic carbocycles. The van der Waals surface area contributed by atoms with Crippen LogP contribution in [0.1, 0.15) is 18.1 Å². The summed E-state index contributed by atoms with van der Waals surface area (Å²) in [6.45, 7) is 2.51. The standard InChI is InChI=1S/C25H24O4/c1-19(16-17-28-22-12-8-20(9-13-22)18-25(26)27-2)21-10-14-24(15-11-21)29-23-6-4-3-5-7-23/h3-16H,17-18H2,1-2H3/b19-16-. The summed E-state index contributed by atoms with van der Waals surface area (Å²) >= 11 is 0. The summed E-state index contributed by atoms with van der Waals surface area (Å²) in [5.41, 5.74) is 3.13. The molecule has 3 rings (SSSR count). The Hall–Kier alpha value is -3.53. The van der Waals surface area contributed by atoms with Crippen LogP contribution in [0.2, 0.25) is 0 Å². The van der Waals surface area contributed by atoms with Gasteiger partial charge >= 0.3 is 5.97 Å². The molecule has 3 aromatic rings. The molecule has 0 saturated carbocycles. The smallest absolute Gasteiger partial charge is 0.309 e. The summed E-state index contributed by atoms with van der Waals surface area (Å²) in [5, 5.41) is 0. The SMILES string of the molecule is COC(=O)Cc1ccc(OC/C=C(/C)c2ccc(Oc3ccccc3)cc2)cc1. The second-order valence-corrected chi connectivity index (χ2v) is 6.53. The highest BCUT2D eigenvalue weighted by molar-refractivity contribution is 5.72. The van der Waals surface area contributed by atoms with Crippen LogP contribution in [0.3, 0.4) is 0 Å². The molecule has 0 atom stereocenters. The Labute approximate surface area is 171 Å². The van der Waals surface area contributed by atoms with Crippen LogP contribution in [-0.4, -0.2) is 19.7 Å². The lowest BCUT2D eigenvalue weighted by molar-refractivity contribution is -0.139. The Balaban J connectivity index is 1.52. The minimum absolute atomic E-state index is 0.252. The number of allylic oxidation sites excluding steroid dienone is 1. The maximum Gasteiger partial charge on any atom is 0.309 e. The van der Waals surface area contributed by atoms with Crippen molar-refractivity contribution in [3.8, 4) is 17.2 Å².